The van der Waals surface area contributed by atoms with Crippen LogP contribution in [0.4, 0.5) is 16.2 Å². The maximum Gasteiger partial charge on any atom is 1.00 e. The van der Waals surface area contributed by atoms with Gasteiger partial charge in [0.2, 0.25) is 0 Å². The van der Waals surface area contributed by atoms with E-state index in [9.17, 15) is 38.7 Å². The molecule has 27 nitrogen and oxygen atoms in total. The minimum absolute atomic E-state index is 0. The van der Waals surface area contributed by atoms with Crippen LogP contribution in [0, 0.1) is 0 Å². The molecule has 0 aliphatic rings. The Morgan fingerprint density at radius 3 is 1.28 bits per heavy atom. The topological polar surface area (TPSA) is 410 Å². The minimum atomic E-state index is -1.51. The molecule has 644 valence electrons. The molecule has 0 spiro atoms. The third-order valence-electron chi connectivity index (χ3n) is 18.4. The Morgan fingerprint density at radius 2 is 0.833 bits per heavy atom. The number of aryl methyl sites for hydroxylation is 3. The number of ether oxygens (including phenoxy) is 5. The number of amides is 2. The van der Waals surface area contributed by atoms with Gasteiger partial charge in [-0.05, 0) is 207 Å². The zero-order valence-electron chi connectivity index (χ0n) is 72.0. The molecule has 8 aromatic heterocycles. The second-order valence-electron chi connectivity index (χ2n) is 28.4. The molecule has 0 radical (unpaired) electrons. The Labute approximate surface area is 747 Å². The summed E-state index contributed by atoms with van der Waals surface area (Å²) in [7, 11) is -1.51. The zero-order valence-corrected chi connectivity index (χ0v) is 72.7. The number of para-hydroxylation sites is 2. The number of esters is 4. The number of nitrogens with one attached hydrogen (secondary N) is 2. The summed E-state index contributed by atoms with van der Waals surface area (Å²) in [5.41, 5.74) is 18.4. The molecule has 0 fully saturated rings. The molecule has 30 heteroatoms. The third-order valence-corrected chi connectivity index (χ3v) is 18.7. The summed E-state index contributed by atoms with van der Waals surface area (Å²) in [6.45, 7) is 20.4. The van der Waals surface area contributed by atoms with Crippen LogP contribution >= 0.6 is 11.6 Å². The maximum atomic E-state index is 13.2. The van der Waals surface area contributed by atoms with Crippen molar-refractivity contribution in [2.45, 2.75) is 113 Å². The second-order valence-corrected chi connectivity index (χ2v) is 28.8. The van der Waals surface area contributed by atoms with E-state index >= 15 is 0 Å². The summed E-state index contributed by atoms with van der Waals surface area (Å²) in [5, 5.41) is 39.9. The number of hydrogen-bond acceptors (Lipinski definition) is 24. The molecule has 0 atom stereocenters. The average Bonchev–Trinajstić information content (AvgIpc) is 0.794. The normalized spacial score (nSPS) is 10.4. The first-order valence-corrected chi connectivity index (χ1v) is 40.6. The first kappa shape index (κ1) is 99.4. The van der Waals surface area contributed by atoms with Crippen molar-refractivity contribution in [3.05, 3.63) is 305 Å². The van der Waals surface area contributed by atoms with Crippen molar-refractivity contribution < 1.29 is 96.7 Å². The number of nitrogens with zero attached hydrogens (tertiary/aromatic N) is 8. The standard InChI is InChI=1S/C27H25N3O3.C19H18N2O2.C17H14N2O2.C12H18BNO4.C11H9ClN2O2.C10H13NO2.Li.H2O/c1-3-18-8-7-10-21(14-18)26-22-17-28-13-12-19(22)15-24(29-26)27(32)30-23-11-6-5-9-20(23)16-25(31)33-4-2;1-3-13-6-5-7-15(10-13)18-16-12-20-9-8-14(16)11-17(21-18)19(22)23-4-2;1-2-11-4-3-5-13(8-11)16-14-10-18-7-6-12(14)9-15(19-16)17(20)21;1-12(2,3)18-11(15)14-8-9-5-4-6-10(7-9)13(16)17;1-2-16-11(15)9-5-7-3-4-13-6-8(7)10(12)14-9;1-2-13-10(12)7-8-5-3-4-6-9(8)11;;/h5-15,17H,3-4,16H2,1-2H3,(H,30,32);5-12H,3-4H2,1-2H3;3-10H,2H2,1H3,(H,20,21);4-7,16-17H,8H2,1-3H3,(H,14,15);3-6H,2H2,1H3;3-6H,2,7,11H2,1H3;;1H2/q;;;;;;+1;/p-1. The monoisotopic (exact) mass is 1710 g/mol. The largest absolute Gasteiger partial charge is 1.00 e. The Balaban J connectivity index is 0.000000212. The van der Waals surface area contributed by atoms with Gasteiger partial charge < -0.3 is 60.7 Å². The number of anilines is 2. The number of carbonyl (C=O) groups is 7. The Morgan fingerprint density at radius 1 is 0.444 bits per heavy atom. The van der Waals surface area contributed by atoms with Gasteiger partial charge in [-0.1, -0.05) is 148 Å². The van der Waals surface area contributed by atoms with Gasteiger partial charge in [0.05, 0.1) is 56.4 Å². The number of carbonyl (C=O) groups excluding carboxylic acids is 6. The van der Waals surface area contributed by atoms with Crippen LogP contribution in [-0.2, 0) is 71.9 Å². The van der Waals surface area contributed by atoms with Crippen LogP contribution in [0.5, 0.6) is 0 Å². The molecule has 126 heavy (non-hydrogen) atoms. The quantitative estimate of drug-likeness (QED) is 0.0121. The SMILES string of the molecule is CC(C)(C)OC(=O)NCc1cccc(B(O)O)c1.CCOC(=O)Cc1ccccc1N.CCOC(=O)Cc1ccccc1NC(=O)c1cc2ccncc2c(-c2cccc(CC)c2)n1.CCOC(=O)c1cc2ccncc2c(-c2cccc(CC)c2)n1.CCOC(=O)c1cc2ccncc2c(Cl)n1.CCc1cccc(-c2nc(C(=O)O)cc3ccncc23)c1.[Li+].[OH-]. The molecule has 0 unspecified atom stereocenters. The summed E-state index contributed by atoms with van der Waals surface area (Å²) in [5.74, 6) is -2.82. The predicted molar refractivity (Wildman–Crippen MR) is 484 cm³/mol. The van der Waals surface area contributed by atoms with Gasteiger partial charge in [-0.3, -0.25) is 34.3 Å². The number of alkyl carbamates (subject to hydrolysis) is 1. The molecule has 0 saturated heterocycles. The number of carboxylic acids is 1. The minimum Gasteiger partial charge on any atom is -0.870 e. The fourth-order valence-electron chi connectivity index (χ4n) is 12.4. The van der Waals surface area contributed by atoms with Crippen molar-refractivity contribution in [3.63, 3.8) is 0 Å². The molecule has 0 aliphatic carbocycles. The van der Waals surface area contributed by atoms with Crippen LogP contribution in [0.25, 0.3) is 76.9 Å². The number of benzene rings is 6. The molecular formula is C96H98BClLiN11O16. The number of pyridine rings is 8. The van der Waals surface area contributed by atoms with Gasteiger partial charge >= 0.3 is 61.9 Å². The number of aromatic nitrogens is 8. The summed E-state index contributed by atoms with van der Waals surface area (Å²) in [4.78, 5) is 117. The van der Waals surface area contributed by atoms with E-state index < -0.39 is 36.7 Å². The average molecular weight is 1720 g/mol. The number of nitrogen functional groups attached to an aromatic ring is 1. The van der Waals surface area contributed by atoms with Crippen LogP contribution in [-0.4, -0.2) is 141 Å². The fraction of sp³-hybridized carbons (Fsp3) is 0.219. The number of rotatable bonds is 22. The smallest absolute Gasteiger partial charge is 0.870 e. The number of carboxylic acid groups (broad SMARTS) is 1. The molecule has 0 saturated carbocycles. The van der Waals surface area contributed by atoms with Gasteiger partial charge in [0.1, 0.15) is 27.8 Å². The maximum absolute atomic E-state index is 13.2. The number of hydrogen-bond donors (Lipinski definition) is 6. The number of nitrogens with two attached hydrogens (primary N) is 1. The summed E-state index contributed by atoms with van der Waals surface area (Å²) in [6, 6.07) is 59.6. The molecule has 0 aliphatic heterocycles. The van der Waals surface area contributed by atoms with Crippen LogP contribution < -0.4 is 40.7 Å². The Bertz CT molecular complexity index is 6080. The molecule has 0 bridgehead atoms. The van der Waals surface area contributed by atoms with Gasteiger partial charge in [-0.25, -0.2) is 39.1 Å². The van der Waals surface area contributed by atoms with Crippen LogP contribution in [0.2, 0.25) is 5.15 Å². The van der Waals surface area contributed by atoms with E-state index in [2.05, 4.69) is 90.6 Å². The Kier molecular flexibility index (Phi) is 39.1. The van der Waals surface area contributed by atoms with E-state index in [0.29, 0.717) is 65.9 Å². The van der Waals surface area contributed by atoms with E-state index in [4.69, 9.17) is 56.1 Å². The molecule has 8 N–H and O–H groups in total. The molecule has 14 aromatic rings. The van der Waals surface area contributed by atoms with Gasteiger partial charge in [0.15, 0.2) is 5.69 Å². The van der Waals surface area contributed by atoms with Gasteiger partial charge in [0, 0.05) is 106 Å². The first-order valence-electron chi connectivity index (χ1n) is 40.2. The van der Waals surface area contributed by atoms with Crippen molar-refractivity contribution in [1.82, 2.24) is 45.2 Å². The van der Waals surface area contributed by atoms with E-state index in [-0.39, 0.29) is 83.8 Å². The van der Waals surface area contributed by atoms with Gasteiger partial charge in [-0.15, -0.1) is 0 Å². The van der Waals surface area contributed by atoms with Crippen LogP contribution in [0.15, 0.2) is 244 Å². The van der Waals surface area contributed by atoms with E-state index in [1.165, 1.54) is 16.7 Å². The van der Waals surface area contributed by atoms with E-state index in [1.54, 1.807) is 177 Å². The molecule has 2 amide bonds. The van der Waals surface area contributed by atoms with Gasteiger partial charge in [0.25, 0.3) is 5.91 Å². The first-order chi connectivity index (χ1) is 59.7. The second kappa shape index (κ2) is 49.5. The van der Waals surface area contributed by atoms with Crippen molar-refractivity contribution >= 4 is 120 Å². The molecular weight excluding hydrogens is 1620 g/mol. The summed E-state index contributed by atoms with van der Waals surface area (Å²) < 4.78 is 24.9. The fourth-order valence-corrected chi connectivity index (χ4v) is 12.7. The zero-order chi connectivity index (χ0) is 89.2. The van der Waals surface area contributed by atoms with E-state index in [1.807, 2.05) is 91.0 Å². The Hall–Kier alpha value is -13.7. The van der Waals surface area contributed by atoms with Crippen molar-refractivity contribution in [1.29, 1.82) is 0 Å². The summed E-state index contributed by atoms with van der Waals surface area (Å²) in [6.07, 6.45) is 16.2. The van der Waals surface area contributed by atoms with Crippen molar-refractivity contribution in [3.8, 4) is 33.8 Å². The number of fused-ring (bicyclic) bond motifs is 4. The van der Waals surface area contributed by atoms with Crippen LogP contribution in [0.3, 0.4) is 0 Å². The number of halogens is 1. The number of aromatic carboxylic acids is 1. The van der Waals surface area contributed by atoms with Gasteiger partial charge in [-0.2, -0.15) is 0 Å². The summed E-state index contributed by atoms with van der Waals surface area (Å²) >= 11 is 5.95. The predicted octanol–water partition coefficient (Wildman–Crippen LogP) is 13.9. The van der Waals surface area contributed by atoms with Crippen LogP contribution in [0.1, 0.15) is 145 Å². The molecule has 14 rings (SSSR count). The van der Waals surface area contributed by atoms with E-state index in [0.717, 1.165) is 95.9 Å². The van der Waals surface area contributed by atoms with Crippen molar-refractivity contribution in [2.24, 2.45) is 0 Å². The molecule has 6 aromatic carbocycles. The molecule has 8 heterocycles. The van der Waals surface area contributed by atoms with Crippen molar-refractivity contribution in [2.75, 3.05) is 37.5 Å². The third kappa shape index (κ3) is 29.2.